The molecule has 0 bridgehead atoms. The van der Waals surface area contributed by atoms with Gasteiger partial charge in [-0.05, 0) is 38.1 Å². The van der Waals surface area contributed by atoms with Crippen molar-refractivity contribution in [3.05, 3.63) is 59.7 Å². The average Bonchev–Trinajstić information content (AvgIpc) is 2.68. The van der Waals surface area contributed by atoms with Crippen LogP contribution in [0.5, 0.6) is 0 Å². The molecule has 1 heterocycles. The van der Waals surface area contributed by atoms with E-state index in [1.165, 1.54) is 24.3 Å². The highest BCUT2D eigenvalue weighted by Crippen LogP contribution is 2.24. The number of sulfonamides is 2. The first-order valence-electron chi connectivity index (χ1n) is 8.94. The van der Waals surface area contributed by atoms with Gasteiger partial charge in [-0.15, -0.1) is 6.42 Å². The van der Waals surface area contributed by atoms with Gasteiger partial charge < -0.3 is 0 Å². The van der Waals surface area contributed by atoms with Crippen LogP contribution in [-0.4, -0.2) is 56.9 Å². The van der Waals surface area contributed by atoms with E-state index in [0.29, 0.717) is 0 Å². The van der Waals surface area contributed by atoms with E-state index >= 15 is 0 Å². The van der Waals surface area contributed by atoms with Crippen molar-refractivity contribution < 1.29 is 16.8 Å². The Morgan fingerprint density at radius 3 is 1.48 bits per heavy atom. The molecule has 0 atom stereocenters. The molecule has 0 saturated carbocycles. The third-order valence-corrected chi connectivity index (χ3v) is 8.22. The fraction of sp³-hybridized carbons (Fsp3) is 0.300. The van der Waals surface area contributed by atoms with Crippen molar-refractivity contribution in [2.75, 3.05) is 26.6 Å². The van der Waals surface area contributed by atoms with Gasteiger partial charge in [-0.1, -0.05) is 41.3 Å². The predicted molar refractivity (Wildman–Crippen MR) is 111 cm³/mol. The Morgan fingerprint density at radius 2 is 1.14 bits per heavy atom. The highest BCUT2D eigenvalue weighted by atomic mass is 32.2. The van der Waals surface area contributed by atoms with E-state index in [4.69, 9.17) is 6.42 Å². The molecule has 0 spiro atoms. The number of rotatable bonds is 5. The lowest BCUT2D eigenvalue weighted by Gasteiger charge is -2.40. The van der Waals surface area contributed by atoms with E-state index in [-0.39, 0.29) is 36.3 Å². The minimum Gasteiger partial charge on any atom is -0.264 e. The van der Waals surface area contributed by atoms with Crippen LogP contribution in [0.4, 0.5) is 0 Å². The highest BCUT2D eigenvalue weighted by Gasteiger charge is 2.37. The summed E-state index contributed by atoms with van der Waals surface area (Å²) in [5.41, 5.74) is 1.86. The van der Waals surface area contributed by atoms with E-state index in [1.807, 2.05) is 13.8 Å². The first-order valence-corrected chi connectivity index (χ1v) is 11.8. The Balaban J connectivity index is 1.96. The molecule has 1 saturated heterocycles. The molecule has 0 amide bonds. The van der Waals surface area contributed by atoms with Crippen LogP contribution in [0.25, 0.3) is 0 Å². The molecule has 0 unspecified atom stereocenters. The molecule has 29 heavy (non-hydrogen) atoms. The van der Waals surface area contributed by atoms with Crippen molar-refractivity contribution >= 4 is 20.0 Å². The fourth-order valence-corrected chi connectivity index (χ4v) is 5.85. The summed E-state index contributed by atoms with van der Waals surface area (Å²) in [6, 6.07) is 12.9. The highest BCUT2D eigenvalue weighted by molar-refractivity contribution is 7.90. The number of terminal acetylenes is 1. The summed E-state index contributed by atoms with van der Waals surface area (Å²) in [5.74, 6) is 2.46. The maximum atomic E-state index is 13.1. The Bertz CT molecular complexity index is 1040. The maximum absolute atomic E-state index is 13.1. The second kappa shape index (κ2) is 8.26. The summed E-state index contributed by atoms with van der Waals surface area (Å²) >= 11 is 0. The topological polar surface area (TPSA) is 78.0 Å². The van der Waals surface area contributed by atoms with Gasteiger partial charge >= 0.3 is 0 Å². The monoisotopic (exact) mass is 433 g/mol. The van der Waals surface area contributed by atoms with Gasteiger partial charge in [0.1, 0.15) is 0 Å². The summed E-state index contributed by atoms with van der Waals surface area (Å²) in [5, 5.41) is 0. The number of aryl methyl sites for hydroxylation is 2. The van der Waals surface area contributed by atoms with Crippen molar-refractivity contribution in [1.29, 1.82) is 0 Å². The van der Waals surface area contributed by atoms with E-state index in [0.717, 1.165) is 19.7 Å². The van der Waals surface area contributed by atoms with Crippen molar-refractivity contribution in [3.8, 4) is 12.3 Å². The first kappa shape index (κ1) is 21.5. The lowest BCUT2D eigenvalue weighted by Crippen LogP contribution is -2.57. The Labute approximate surface area is 172 Å². The van der Waals surface area contributed by atoms with Crippen molar-refractivity contribution in [1.82, 2.24) is 13.5 Å². The molecule has 0 aromatic heterocycles. The number of benzene rings is 2. The minimum atomic E-state index is -3.90. The second-order valence-corrected chi connectivity index (χ2v) is 10.9. The maximum Gasteiger partial charge on any atom is 0.245 e. The van der Waals surface area contributed by atoms with E-state index in [9.17, 15) is 16.8 Å². The van der Waals surface area contributed by atoms with Crippen LogP contribution in [0.15, 0.2) is 58.3 Å². The van der Waals surface area contributed by atoms with Crippen molar-refractivity contribution in [3.63, 3.8) is 0 Å². The first-order chi connectivity index (χ1) is 13.6. The molecule has 9 heteroatoms. The molecule has 1 fully saturated rings. The zero-order valence-electron chi connectivity index (χ0n) is 16.3. The van der Waals surface area contributed by atoms with Gasteiger partial charge in [0.25, 0.3) is 0 Å². The fourth-order valence-electron chi connectivity index (χ4n) is 3.01. The quantitative estimate of drug-likeness (QED) is 0.672. The van der Waals surface area contributed by atoms with Crippen LogP contribution in [0, 0.1) is 26.2 Å². The van der Waals surface area contributed by atoms with Crippen molar-refractivity contribution in [2.45, 2.75) is 23.6 Å². The van der Waals surface area contributed by atoms with E-state index in [1.54, 1.807) is 29.2 Å². The molecule has 0 radical (unpaired) electrons. The van der Waals surface area contributed by atoms with E-state index in [2.05, 4.69) is 5.92 Å². The summed E-state index contributed by atoms with van der Waals surface area (Å²) < 4.78 is 54.8. The van der Waals surface area contributed by atoms with Crippen LogP contribution in [-0.2, 0) is 20.0 Å². The van der Waals surface area contributed by atoms with Gasteiger partial charge in [0.15, 0.2) is 0 Å². The smallest absolute Gasteiger partial charge is 0.245 e. The molecule has 154 valence electrons. The third-order valence-electron chi connectivity index (χ3n) is 4.66. The van der Waals surface area contributed by atoms with Gasteiger partial charge in [0.05, 0.1) is 36.3 Å². The molecular formula is C20H23N3O4S2. The number of hydrogen-bond donors (Lipinski definition) is 0. The molecular weight excluding hydrogens is 410 g/mol. The van der Waals surface area contributed by atoms with Gasteiger partial charge in [-0.2, -0.15) is 8.61 Å². The Hall–Kier alpha value is -2.22. The standard InChI is InChI=1S/C20H23N3O4S2/c1-4-13-21-14-22(28(24,25)19-9-5-17(2)6-10-19)16-23(15-21)29(26,27)20-11-7-18(3)8-12-20/h1,5-12H,13-16H2,2-3H3. The normalized spacial score (nSPS) is 17.1. The lowest BCUT2D eigenvalue weighted by molar-refractivity contribution is 0.0748. The van der Waals surface area contributed by atoms with Gasteiger partial charge in [0, 0.05) is 0 Å². The minimum absolute atomic E-state index is 0.0142. The van der Waals surface area contributed by atoms with Crippen LogP contribution in [0.1, 0.15) is 11.1 Å². The van der Waals surface area contributed by atoms with Gasteiger partial charge in [-0.25, -0.2) is 16.8 Å². The summed E-state index contributed by atoms with van der Waals surface area (Å²) in [4.78, 5) is 1.82. The Morgan fingerprint density at radius 1 is 0.759 bits per heavy atom. The number of hydrogen-bond acceptors (Lipinski definition) is 5. The lowest BCUT2D eigenvalue weighted by atomic mass is 10.2. The average molecular weight is 434 g/mol. The Kier molecular flexibility index (Phi) is 6.12. The van der Waals surface area contributed by atoms with Gasteiger partial charge in [-0.3, -0.25) is 4.90 Å². The van der Waals surface area contributed by atoms with Crippen LogP contribution in [0.2, 0.25) is 0 Å². The molecule has 1 aliphatic rings. The summed E-state index contributed by atoms with van der Waals surface area (Å²) in [6.07, 6.45) is 5.40. The molecule has 3 rings (SSSR count). The van der Waals surface area contributed by atoms with Crippen LogP contribution >= 0.6 is 0 Å². The number of nitrogens with zero attached hydrogens (tertiary/aromatic N) is 3. The van der Waals surface area contributed by atoms with E-state index < -0.39 is 20.0 Å². The molecule has 7 nitrogen and oxygen atoms in total. The predicted octanol–water partition coefficient (Wildman–Crippen LogP) is 1.81. The van der Waals surface area contributed by atoms with Crippen LogP contribution < -0.4 is 0 Å². The largest absolute Gasteiger partial charge is 0.264 e. The zero-order chi connectivity index (χ0) is 21.2. The molecule has 2 aromatic carbocycles. The molecule has 0 N–H and O–H groups in total. The summed E-state index contributed by atoms with van der Waals surface area (Å²) in [7, 11) is -7.79. The molecule has 2 aromatic rings. The third kappa shape index (κ3) is 4.52. The van der Waals surface area contributed by atoms with Crippen LogP contribution in [0.3, 0.4) is 0 Å². The SMILES string of the molecule is C#CCN1CN(S(=O)(=O)c2ccc(C)cc2)CN(S(=O)(=O)c2ccc(C)cc2)C1. The molecule has 0 aliphatic carbocycles. The second-order valence-electron chi connectivity index (χ2n) is 7.00. The van der Waals surface area contributed by atoms with Crippen molar-refractivity contribution in [2.24, 2.45) is 0 Å². The summed E-state index contributed by atoms with van der Waals surface area (Å²) in [6.45, 7) is 3.59. The zero-order valence-corrected chi connectivity index (χ0v) is 17.9. The molecule has 1 aliphatic heterocycles. The van der Waals surface area contributed by atoms with Gasteiger partial charge in [0.2, 0.25) is 20.0 Å².